The molecule has 1 aromatic rings. The third kappa shape index (κ3) is 5.00. The van der Waals surface area contributed by atoms with Gasteiger partial charge >= 0.3 is 5.97 Å². The second kappa shape index (κ2) is 5.82. The van der Waals surface area contributed by atoms with E-state index in [2.05, 4.69) is 26.1 Å². The van der Waals surface area contributed by atoms with Crippen LogP contribution >= 0.6 is 0 Å². The van der Waals surface area contributed by atoms with Crippen LogP contribution in [0.4, 0.5) is 0 Å². The Labute approximate surface area is 103 Å². The number of nitrogens with one attached hydrogen (secondary N) is 1. The van der Waals surface area contributed by atoms with Crippen LogP contribution in [0.2, 0.25) is 0 Å². The normalized spacial score (nSPS) is 11.5. The molecule has 2 N–H and O–H groups in total. The molecule has 0 amide bonds. The molecular formula is C14H21NO2. The smallest absolute Gasteiger partial charge is 0.307 e. The molecule has 0 saturated carbocycles. The summed E-state index contributed by atoms with van der Waals surface area (Å²) in [5, 5.41) is 12.1. The van der Waals surface area contributed by atoms with E-state index in [9.17, 15) is 4.79 Å². The summed E-state index contributed by atoms with van der Waals surface area (Å²) >= 11 is 0. The molecule has 0 aromatic heterocycles. The monoisotopic (exact) mass is 235 g/mol. The van der Waals surface area contributed by atoms with Crippen LogP contribution in [-0.4, -0.2) is 16.6 Å². The molecule has 0 aliphatic rings. The van der Waals surface area contributed by atoms with Gasteiger partial charge in [-0.05, 0) is 31.4 Å². The van der Waals surface area contributed by atoms with E-state index in [-0.39, 0.29) is 12.0 Å². The van der Waals surface area contributed by atoms with Gasteiger partial charge in [-0.15, -0.1) is 0 Å². The first kappa shape index (κ1) is 13.7. The Bertz CT molecular complexity index is 368. The average molecular weight is 235 g/mol. The predicted octanol–water partition coefficient (Wildman–Crippen LogP) is 2.59. The summed E-state index contributed by atoms with van der Waals surface area (Å²) in [5.41, 5.74) is 2.16. The SMILES string of the molecule is CCC(C)(C)NCc1ccc(CC(=O)O)cc1. The quantitative estimate of drug-likeness (QED) is 0.796. The molecular weight excluding hydrogens is 214 g/mol. The third-order valence-corrected chi connectivity index (χ3v) is 3.03. The highest BCUT2D eigenvalue weighted by atomic mass is 16.4. The highest BCUT2D eigenvalue weighted by Gasteiger charge is 2.13. The first-order valence-corrected chi connectivity index (χ1v) is 5.97. The summed E-state index contributed by atoms with van der Waals surface area (Å²) in [7, 11) is 0. The Balaban J connectivity index is 2.54. The number of hydrogen-bond acceptors (Lipinski definition) is 2. The molecule has 0 unspecified atom stereocenters. The summed E-state index contributed by atoms with van der Waals surface area (Å²) in [6.45, 7) is 7.31. The molecule has 0 heterocycles. The molecule has 0 bridgehead atoms. The van der Waals surface area contributed by atoms with Gasteiger partial charge in [0.25, 0.3) is 0 Å². The number of aliphatic carboxylic acids is 1. The maximum Gasteiger partial charge on any atom is 0.307 e. The van der Waals surface area contributed by atoms with E-state index in [1.165, 1.54) is 5.56 Å². The van der Waals surface area contributed by atoms with Gasteiger partial charge in [0.05, 0.1) is 6.42 Å². The zero-order valence-corrected chi connectivity index (χ0v) is 10.8. The van der Waals surface area contributed by atoms with E-state index < -0.39 is 5.97 Å². The Morgan fingerprint density at radius 3 is 2.24 bits per heavy atom. The van der Waals surface area contributed by atoms with Gasteiger partial charge in [-0.25, -0.2) is 0 Å². The van der Waals surface area contributed by atoms with E-state index in [4.69, 9.17) is 5.11 Å². The summed E-state index contributed by atoms with van der Waals surface area (Å²) in [6.07, 6.45) is 1.16. The lowest BCUT2D eigenvalue weighted by molar-refractivity contribution is -0.136. The van der Waals surface area contributed by atoms with Crippen molar-refractivity contribution in [2.45, 2.75) is 45.7 Å². The molecule has 0 fully saturated rings. The lowest BCUT2D eigenvalue weighted by Gasteiger charge is -2.24. The molecule has 0 spiro atoms. The zero-order chi connectivity index (χ0) is 12.9. The van der Waals surface area contributed by atoms with Crippen molar-refractivity contribution in [3.05, 3.63) is 35.4 Å². The lowest BCUT2D eigenvalue weighted by atomic mass is 10.0. The lowest BCUT2D eigenvalue weighted by Crippen LogP contribution is -2.37. The fourth-order valence-corrected chi connectivity index (χ4v) is 1.42. The van der Waals surface area contributed by atoms with E-state index >= 15 is 0 Å². The minimum atomic E-state index is -0.789. The number of carboxylic acid groups (broad SMARTS) is 1. The second-order valence-corrected chi connectivity index (χ2v) is 4.98. The average Bonchev–Trinajstić information content (AvgIpc) is 2.28. The molecule has 1 aromatic carbocycles. The van der Waals surface area contributed by atoms with Crippen molar-refractivity contribution in [3.63, 3.8) is 0 Å². The summed E-state index contributed by atoms with van der Waals surface area (Å²) < 4.78 is 0. The number of carbonyl (C=O) groups is 1. The summed E-state index contributed by atoms with van der Waals surface area (Å²) in [5.74, 6) is -0.789. The maximum atomic E-state index is 10.5. The van der Waals surface area contributed by atoms with Crippen LogP contribution in [0, 0.1) is 0 Å². The Kier molecular flexibility index (Phi) is 4.70. The van der Waals surface area contributed by atoms with Gasteiger partial charge in [0.2, 0.25) is 0 Å². The van der Waals surface area contributed by atoms with Crippen molar-refractivity contribution in [1.29, 1.82) is 0 Å². The second-order valence-electron chi connectivity index (χ2n) is 4.98. The van der Waals surface area contributed by atoms with Gasteiger partial charge in [-0.2, -0.15) is 0 Å². The van der Waals surface area contributed by atoms with Crippen molar-refractivity contribution < 1.29 is 9.90 Å². The maximum absolute atomic E-state index is 10.5. The molecule has 3 heteroatoms. The molecule has 0 atom stereocenters. The first-order valence-electron chi connectivity index (χ1n) is 5.97. The largest absolute Gasteiger partial charge is 0.481 e. The van der Waals surface area contributed by atoms with Crippen LogP contribution in [0.3, 0.4) is 0 Å². The number of hydrogen-bond donors (Lipinski definition) is 2. The molecule has 0 saturated heterocycles. The third-order valence-electron chi connectivity index (χ3n) is 3.03. The standard InChI is InChI=1S/C14H21NO2/c1-4-14(2,3)15-10-12-7-5-11(6-8-12)9-13(16)17/h5-8,15H,4,9-10H2,1-3H3,(H,16,17). The van der Waals surface area contributed by atoms with Gasteiger partial charge in [0, 0.05) is 12.1 Å². The number of rotatable bonds is 6. The van der Waals surface area contributed by atoms with Crippen molar-refractivity contribution >= 4 is 5.97 Å². The van der Waals surface area contributed by atoms with Crippen LogP contribution in [0.15, 0.2) is 24.3 Å². The van der Waals surface area contributed by atoms with E-state index in [1.807, 2.05) is 24.3 Å². The fraction of sp³-hybridized carbons (Fsp3) is 0.500. The summed E-state index contributed by atoms with van der Waals surface area (Å²) in [6, 6.07) is 7.72. The minimum Gasteiger partial charge on any atom is -0.481 e. The molecule has 0 aliphatic carbocycles. The van der Waals surface area contributed by atoms with E-state index in [1.54, 1.807) is 0 Å². The number of carboxylic acids is 1. The minimum absolute atomic E-state index is 0.0914. The first-order chi connectivity index (χ1) is 7.93. The highest BCUT2D eigenvalue weighted by molar-refractivity contribution is 5.70. The molecule has 17 heavy (non-hydrogen) atoms. The number of benzene rings is 1. The van der Waals surface area contributed by atoms with Crippen molar-refractivity contribution in [2.24, 2.45) is 0 Å². The van der Waals surface area contributed by atoms with E-state index in [0.717, 1.165) is 18.5 Å². The highest BCUT2D eigenvalue weighted by Crippen LogP contribution is 2.10. The van der Waals surface area contributed by atoms with Crippen LogP contribution in [0.25, 0.3) is 0 Å². The Morgan fingerprint density at radius 2 is 1.76 bits per heavy atom. The van der Waals surface area contributed by atoms with Crippen LogP contribution in [0.1, 0.15) is 38.3 Å². The molecule has 0 aliphatic heterocycles. The molecule has 94 valence electrons. The Hall–Kier alpha value is -1.35. The fourth-order valence-electron chi connectivity index (χ4n) is 1.42. The van der Waals surface area contributed by atoms with Crippen LogP contribution < -0.4 is 5.32 Å². The molecule has 1 rings (SSSR count). The predicted molar refractivity (Wildman–Crippen MR) is 69.0 cm³/mol. The van der Waals surface area contributed by atoms with Crippen LogP contribution in [0.5, 0.6) is 0 Å². The van der Waals surface area contributed by atoms with Gasteiger partial charge in [-0.1, -0.05) is 31.2 Å². The zero-order valence-electron chi connectivity index (χ0n) is 10.8. The topological polar surface area (TPSA) is 49.3 Å². The van der Waals surface area contributed by atoms with Gasteiger partial charge in [0.1, 0.15) is 0 Å². The van der Waals surface area contributed by atoms with Crippen molar-refractivity contribution in [1.82, 2.24) is 5.32 Å². The van der Waals surface area contributed by atoms with Gasteiger partial charge in [0.15, 0.2) is 0 Å². The van der Waals surface area contributed by atoms with Gasteiger partial charge < -0.3 is 10.4 Å². The molecule has 3 nitrogen and oxygen atoms in total. The van der Waals surface area contributed by atoms with Crippen molar-refractivity contribution in [2.75, 3.05) is 0 Å². The van der Waals surface area contributed by atoms with Crippen molar-refractivity contribution in [3.8, 4) is 0 Å². The van der Waals surface area contributed by atoms with Crippen LogP contribution in [-0.2, 0) is 17.8 Å². The van der Waals surface area contributed by atoms with Gasteiger partial charge in [-0.3, -0.25) is 4.79 Å². The summed E-state index contributed by atoms with van der Waals surface area (Å²) in [4.78, 5) is 10.5. The molecule has 0 radical (unpaired) electrons. The Morgan fingerprint density at radius 1 is 1.24 bits per heavy atom. The van der Waals surface area contributed by atoms with E-state index in [0.29, 0.717) is 0 Å².